The molecule has 2 N–H and O–H groups in total. The number of fused-ring (bicyclic) bond motifs is 1. The monoisotopic (exact) mass is 520 g/mol. The maximum absolute atomic E-state index is 13.3. The van der Waals surface area contributed by atoms with Crippen LogP contribution in [0.2, 0.25) is 0 Å². The van der Waals surface area contributed by atoms with E-state index in [1.54, 1.807) is 19.5 Å². The zero-order chi connectivity index (χ0) is 26.1. The molecule has 12 nitrogen and oxygen atoms in total. The van der Waals surface area contributed by atoms with Gasteiger partial charge in [0.15, 0.2) is 0 Å². The molecule has 2 aromatic heterocycles. The van der Waals surface area contributed by atoms with E-state index in [0.29, 0.717) is 77.1 Å². The van der Waals surface area contributed by atoms with Crippen molar-refractivity contribution in [2.24, 2.45) is 0 Å². The molecule has 4 aliphatic rings. The molecule has 3 aliphatic heterocycles. The van der Waals surface area contributed by atoms with E-state index in [9.17, 15) is 4.79 Å². The van der Waals surface area contributed by atoms with Crippen LogP contribution in [0.1, 0.15) is 12.0 Å². The van der Waals surface area contributed by atoms with E-state index in [1.165, 1.54) is 0 Å². The Labute approximate surface area is 221 Å². The van der Waals surface area contributed by atoms with Crippen LogP contribution >= 0.6 is 0 Å². The van der Waals surface area contributed by atoms with Gasteiger partial charge in [0.25, 0.3) is 5.91 Å². The lowest BCUT2D eigenvalue weighted by molar-refractivity contribution is -0.130. The fourth-order valence-electron chi connectivity index (χ4n) is 5.33. The lowest BCUT2D eigenvalue weighted by Gasteiger charge is -2.33. The Morgan fingerprint density at radius 1 is 1.03 bits per heavy atom. The van der Waals surface area contributed by atoms with Crippen LogP contribution in [0.25, 0.3) is 11.3 Å². The molecule has 38 heavy (non-hydrogen) atoms. The number of ether oxygens (including phenoxy) is 3. The topological polar surface area (TPSA) is 132 Å². The maximum atomic E-state index is 13.3. The number of nitrogens with two attached hydrogens (primary N) is 1. The van der Waals surface area contributed by atoms with Crippen molar-refractivity contribution >= 4 is 23.6 Å². The van der Waals surface area contributed by atoms with Gasteiger partial charge in [-0.1, -0.05) is 6.08 Å². The van der Waals surface area contributed by atoms with Crippen molar-refractivity contribution in [2.45, 2.75) is 18.9 Å². The van der Waals surface area contributed by atoms with Crippen molar-refractivity contribution in [3.8, 4) is 11.3 Å². The molecule has 200 valence electrons. The van der Waals surface area contributed by atoms with Crippen molar-refractivity contribution in [3.63, 3.8) is 0 Å². The fraction of sp³-hybridized carbons (Fsp3) is 0.500. The molecule has 0 aromatic carbocycles. The van der Waals surface area contributed by atoms with Gasteiger partial charge in [0, 0.05) is 74.6 Å². The molecule has 1 aliphatic carbocycles. The number of aromatic nitrogens is 4. The van der Waals surface area contributed by atoms with Crippen molar-refractivity contribution in [1.29, 1.82) is 0 Å². The van der Waals surface area contributed by atoms with Crippen LogP contribution in [0, 0.1) is 0 Å². The van der Waals surface area contributed by atoms with Gasteiger partial charge >= 0.3 is 0 Å². The minimum Gasteiger partial charge on any atom is -0.378 e. The largest absolute Gasteiger partial charge is 0.378 e. The normalized spacial score (nSPS) is 21.7. The smallest absolute Gasteiger partial charge is 0.253 e. The van der Waals surface area contributed by atoms with Crippen molar-refractivity contribution in [3.05, 3.63) is 41.4 Å². The first-order valence-electron chi connectivity index (χ1n) is 13.0. The summed E-state index contributed by atoms with van der Waals surface area (Å²) in [6.45, 7) is 5.69. The molecule has 1 amide bonds. The van der Waals surface area contributed by atoms with Gasteiger partial charge in [0.05, 0.1) is 32.1 Å². The Morgan fingerprint density at radius 2 is 1.74 bits per heavy atom. The molecule has 2 fully saturated rings. The summed E-state index contributed by atoms with van der Waals surface area (Å²) >= 11 is 0. The van der Waals surface area contributed by atoms with E-state index >= 15 is 0 Å². The molecule has 0 saturated carbocycles. The second-order valence-electron chi connectivity index (χ2n) is 9.60. The van der Waals surface area contributed by atoms with Crippen LogP contribution in [-0.2, 0) is 25.4 Å². The van der Waals surface area contributed by atoms with Crippen LogP contribution in [0.3, 0.4) is 0 Å². The summed E-state index contributed by atoms with van der Waals surface area (Å²) in [4.78, 5) is 37.9. The predicted octanol–water partition coefficient (Wildman–Crippen LogP) is 0.803. The Kier molecular flexibility index (Phi) is 6.92. The van der Waals surface area contributed by atoms with Gasteiger partial charge in [0.1, 0.15) is 11.9 Å². The quantitative estimate of drug-likeness (QED) is 0.600. The number of amides is 1. The molecule has 0 bridgehead atoms. The van der Waals surface area contributed by atoms with Crippen LogP contribution in [0.5, 0.6) is 0 Å². The van der Waals surface area contributed by atoms with Crippen LogP contribution in [0.4, 0.5) is 17.7 Å². The molecule has 1 atom stereocenters. The first-order chi connectivity index (χ1) is 18.6. The summed E-state index contributed by atoms with van der Waals surface area (Å²) < 4.78 is 16.9. The first-order valence-corrected chi connectivity index (χ1v) is 13.0. The fourth-order valence-corrected chi connectivity index (χ4v) is 5.33. The highest BCUT2D eigenvalue weighted by Crippen LogP contribution is 2.39. The minimum absolute atomic E-state index is 0.0242. The third kappa shape index (κ3) is 4.70. The van der Waals surface area contributed by atoms with Gasteiger partial charge in [-0.05, 0) is 18.9 Å². The molecule has 5 heterocycles. The lowest BCUT2D eigenvalue weighted by Crippen LogP contribution is -2.42. The van der Waals surface area contributed by atoms with E-state index in [4.69, 9.17) is 29.9 Å². The molecule has 0 radical (unpaired) electrons. The van der Waals surface area contributed by atoms with Gasteiger partial charge in [-0.3, -0.25) is 4.79 Å². The number of methoxy groups -OCH3 is 1. The van der Waals surface area contributed by atoms with Crippen LogP contribution < -0.4 is 15.5 Å². The van der Waals surface area contributed by atoms with Gasteiger partial charge < -0.3 is 34.6 Å². The summed E-state index contributed by atoms with van der Waals surface area (Å²) in [6.07, 6.45) is 8.51. The summed E-state index contributed by atoms with van der Waals surface area (Å²) in [5.74, 6) is 1.70. The Balaban J connectivity index is 1.40. The van der Waals surface area contributed by atoms with E-state index < -0.39 is 0 Å². The Bertz CT molecular complexity index is 1250. The second kappa shape index (κ2) is 10.6. The highest BCUT2D eigenvalue weighted by atomic mass is 16.5. The lowest BCUT2D eigenvalue weighted by atomic mass is 9.99. The maximum Gasteiger partial charge on any atom is 0.253 e. The van der Waals surface area contributed by atoms with Crippen molar-refractivity contribution < 1.29 is 19.0 Å². The summed E-state index contributed by atoms with van der Waals surface area (Å²) in [5, 5.41) is 0. The number of carbonyl (C=O) groups excluding carboxylic acids is 1. The van der Waals surface area contributed by atoms with Gasteiger partial charge in [-0.25, -0.2) is 15.0 Å². The standard InChI is InChI=1S/C26H32N8O4/c1-36-21-3-2-17(24(35)32-6-10-37-11-7-32)14-20(21)34-5-4-19-22(18-15-28-25(27)29-16-18)30-26(31-23(19)34)33-8-12-38-13-9-33/h2,14-16,21H,3-13H2,1H3,(H2,27,28,29). The number of rotatable bonds is 5. The zero-order valence-electron chi connectivity index (χ0n) is 21.5. The van der Waals surface area contributed by atoms with Crippen LogP contribution in [-0.4, -0.2) is 103 Å². The Hall–Kier alpha value is -3.61. The first kappa shape index (κ1) is 24.7. The van der Waals surface area contributed by atoms with Crippen LogP contribution in [0.15, 0.2) is 35.8 Å². The van der Waals surface area contributed by atoms with E-state index in [-0.39, 0.29) is 18.0 Å². The van der Waals surface area contributed by atoms with Crippen molar-refractivity contribution in [1.82, 2.24) is 24.8 Å². The zero-order valence-corrected chi connectivity index (χ0v) is 21.5. The molecule has 6 rings (SSSR count). The summed E-state index contributed by atoms with van der Waals surface area (Å²) in [6, 6.07) is 0. The summed E-state index contributed by atoms with van der Waals surface area (Å²) in [5.41, 5.74) is 9.96. The van der Waals surface area contributed by atoms with E-state index in [1.807, 2.05) is 17.1 Å². The number of morpholine rings is 2. The predicted molar refractivity (Wildman–Crippen MR) is 141 cm³/mol. The van der Waals surface area contributed by atoms with Gasteiger partial charge in [0.2, 0.25) is 11.9 Å². The number of anilines is 3. The SMILES string of the molecule is COC1CC=C(C(=O)N2CCOCC2)C=C1N1CCc2c(-c3cnc(N)nc3)nc(N3CCOCC3)nc21. The Morgan fingerprint density at radius 3 is 2.45 bits per heavy atom. The second-order valence-corrected chi connectivity index (χ2v) is 9.60. The molecule has 2 aromatic rings. The third-order valence-corrected chi connectivity index (χ3v) is 7.38. The van der Waals surface area contributed by atoms with Crippen molar-refractivity contribution in [2.75, 3.05) is 81.8 Å². The minimum atomic E-state index is -0.188. The van der Waals surface area contributed by atoms with E-state index in [0.717, 1.165) is 34.8 Å². The molecule has 1 unspecified atom stereocenters. The average molecular weight is 521 g/mol. The number of carbonyl (C=O) groups is 1. The number of hydrogen-bond acceptors (Lipinski definition) is 11. The number of nitrogen functional groups attached to an aromatic ring is 1. The highest BCUT2D eigenvalue weighted by molar-refractivity contribution is 5.97. The molecule has 2 saturated heterocycles. The molecular formula is C26H32N8O4. The number of hydrogen-bond donors (Lipinski definition) is 1. The molecule has 12 heteroatoms. The molecule has 0 spiro atoms. The number of nitrogens with zero attached hydrogens (tertiary/aromatic N) is 7. The third-order valence-electron chi connectivity index (χ3n) is 7.38. The molecular weight excluding hydrogens is 488 g/mol. The van der Waals surface area contributed by atoms with Gasteiger partial charge in [-0.2, -0.15) is 4.98 Å². The highest BCUT2D eigenvalue weighted by Gasteiger charge is 2.35. The average Bonchev–Trinajstić information content (AvgIpc) is 3.41. The summed E-state index contributed by atoms with van der Waals surface area (Å²) in [7, 11) is 1.70. The van der Waals surface area contributed by atoms with Gasteiger partial charge in [-0.15, -0.1) is 0 Å². The van der Waals surface area contributed by atoms with E-state index in [2.05, 4.69) is 19.8 Å².